The van der Waals surface area contributed by atoms with Gasteiger partial charge < -0.3 is 19.5 Å². The number of nitrogens with zero attached hydrogens (tertiary/aromatic N) is 2. The molecule has 0 bridgehead atoms. The Morgan fingerprint density at radius 3 is 2.10 bits per heavy atom. The molecule has 1 aromatic heterocycles. The van der Waals surface area contributed by atoms with Crippen molar-refractivity contribution >= 4 is 11.7 Å². The van der Waals surface area contributed by atoms with Gasteiger partial charge in [-0.1, -0.05) is 6.07 Å². The summed E-state index contributed by atoms with van der Waals surface area (Å²) in [4.78, 5) is 30.3. The van der Waals surface area contributed by atoms with Crippen molar-refractivity contribution in [2.75, 3.05) is 25.6 Å². The number of hydrogen-bond acceptors (Lipinski definition) is 7. The van der Waals surface area contributed by atoms with Gasteiger partial charge in [0.05, 0.1) is 20.3 Å². The van der Waals surface area contributed by atoms with Gasteiger partial charge in [0.25, 0.3) is 11.1 Å². The number of anilines is 1. The number of amidine groups is 1. The first-order valence-electron chi connectivity index (χ1n) is 12.7. The van der Waals surface area contributed by atoms with E-state index in [2.05, 4.69) is 10.3 Å². The molecule has 0 atom stereocenters. The maximum Gasteiger partial charge on any atom is 0.427 e. The zero-order valence-corrected chi connectivity index (χ0v) is 22.6. The topological polar surface area (TPSA) is 107 Å². The molecule has 226 valence electrons. The molecule has 0 unspecified atom stereocenters. The Balaban J connectivity index is 1.89. The maximum absolute atomic E-state index is 14.5. The van der Waals surface area contributed by atoms with E-state index in [1.807, 2.05) is 0 Å². The third kappa shape index (κ3) is 5.42. The van der Waals surface area contributed by atoms with E-state index in [0.717, 1.165) is 0 Å². The SMILES string of the molecule is CCOc1ccc(CCn2c3c(c(=O)[nH]c2=O)C(C(F)(F)F)(C(F)(F)F)N=C(c2ccc(OC)cc2)N3)cc1OCC. The minimum atomic E-state index is -6.11. The summed E-state index contributed by atoms with van der Waals surface area (Å²) in [7, 11) is 1.33. The first-order valence-corrected chi connectivity index (χ1v) is 12.7. The fourth-order valence-corrected chi connectivity index (χ4v) is 4.56. The smallest absolute Gasteiger partial charge is 0.427 e. The Labute approximate surface area is 234 Å². The summed E-state index contributed by atoms with van der Waals surface area (Å²) in [6, 6.07) is 9.81. The third-order valence-electron chi connectivity index (χ3n) is 6.49. The van der Waals surface area contributed by atoms with Crippen LogP contribution < -0.4 is 30.8 Å². The highest BCUT2D eigenvalue weighted by molar-refractivity contribution is 6.09. The Kier molecular flexibility index (Phi) is 8.32. The highest BCUT2D eigenvalue weighted by Crippen LogP contribution is 2.55. The van der Waals surface area contributed by atoms with Crippen LogP contribution in [0.3, 0.4) is 0 Å². The number of alkyl halides is 6. The molecule has 0 amide bonds. The van der Waals surface area contributed by atoms with Crippen molar-refractivity contribution in [3.05, 3.63) is 80.0 Å². The minimum Gasteiger partial charge on any atom is -0.497 e. The quantitative estimate of drug-likeness (QED) is 0.343. The van der Waals surface area contributed by atoms with Crippen LogP contribution in [0, 0.1) is 0 Å². The van der Waals surface area contributed by atoms with Crippen LogP contribution in [0.15, 0.2) is 57.0 Å². The molecule has 4 rings (SSSR count). The molecule has 0 radical (unpaired) electrons. The van der Waals surface area contributed by atoms with E-state index in [-0.39, 0.29) is 17.7 Å². The van der Waals surface area contributed by atoms with Crippen LogP contribution in [0.1, 0.15) is 30.5 Å². The predicted molar refractivity (Wildman–Crippen MR) is 141 cm³/mol. The average molecular weight is 601 g/mol. The van der Waals surface area contributed by atoms with Gasteiger partial charge in [-0.05, 0) is 62.2 Å². The number of aryl methyl sites for hydroxylation is 1. The molecule has 0 saturated heterocycles. The van der Waals surface area contributed by atoms with Crippen LogP contribution in [-0.4, -0.2) is 48.1 Å². The molecule has 0 saturated carbocycles. The summed E-state index contributed by atoms with van der Waals surface area (Å²) in [5.41, 5.74) is -9.48. The van der Waals surface area contributed by atoms with E-state index in [0.29, 0.717) is 34.8 Å². The summed E-state index contributed by atoms with van der Waals surface area (Å²) >= 11 is 0. The van der Waals surface area contributed by atoms with Crippen LogP contribution in [0.5, 0.6) is 17.2 Å². The number of aliphatic imine (C=N–C) groups is 1. The number of benzene rings is 2. The summed E-state index contributed by atoms with van der Waals surface area (Å²) in [6.45, 7) is 3.75. The Hall–Kier alpha value is -4.43. The summed E-state index contributed by atoms with van der Waals surface area (Å²) < 4.78 is 104. The van der Waals surface area contributed by atoms with E-state index in [1.165, 1.54) is 31.4 Å². The molecule has 1 aliphatic rings. The second-order valence-electron chi connectivity index (χ2n) is 9.05. The van der Waals surface area contributed by atoms with Gasteiger partial charge in [0, 0.05) is 12.1 Å². The normalized spacial score (nSPS) is 14.5. The first kappa shape index (κ1) is 30.5. The zero-order chi connectivity index (χ0) is 30.9. The average Bonchev–Trinajstić information content (AvgIpc) is 2.92. The molecule has 0 spiro atoms. The standard InChI is InChI=1S/C27H26F6N4O5/c1-4-41-18-11-6-15(14-19(18)42-5-2)12-13-37-22-20(23(38)35-24(37)39)25(26(28,29)30,27(31,32)33)36-21(34-22)16-7-9-17(40-3)10-8-16/h6-11,14H,4-5,12-13H2,1-3H3,(H,34,36)(H,35,38,39). The highest BCUT2D eigenvalue weighted by atomic mass is 19.4. The Morgan fingerprint density at radius 2 is 1.52 bits per heavy atom. The van der Waals surface area contributed by atoms with Gasteiger partial charge in [-0.3, -0.25) is 14.3 Å². The number of halogens is 6. The molecular weight excluding hydrogens is 574 g/mol. The lowest BCUT2D eigenvalue weighted by Gasteiger charge is -2.38. The lowest BCUT2D eigenvalue weighted by Crippen LogP contribution is -2.59. The van der Waals surface area contributed by atoms with E-state index in [4.69, 9.17) is 14.2 Å². The number of hydrogen-bond donors (Lipinski definition) is 2. The summed E-state index contributed by atoms with van der Waals surface area (Å²) in [5.74, 6) is -0.742. The van der Waals surface area contributed by atoms with Gasteiger partial charge in [0.1, 0.15) is 23.0 Å². The molecule has 9 nitrogen and oxygen atoms in total. The first-order chi connectivity index (χ1) is 19.8. The van der Waals surface area contributed by atoms with Crippen LogP contribution in [0.25, 0.3) is 0 Å². The van der Waals surface area contributed by atoms with Crippen molar-refractivity contribution in [1.29, 1.82) is 0 Å². The van der Waals surface area contributed by atoms with Crippen molar-refractivity contribution in [2.45, 2.75) is 44.7 Å². The fraction of sp³-hybridized carbons (Fsp3) is 0.370. The van der Waals surface area contributed by atoms with Crippen LogP contribution in [-0.2, 0) is 18.5 Å². The Morgan fingerprint density at radius 1 is 0.905 bits per heavy atom. The molecule has 0 fully saturated rings. The van der Waals surface area contributed by atoms with Crippen molar-refractivity contribution in [3.8, 4) is 17.2 Å². The number of ether oxygens (including phenoxy) is 3. The fourth-order valence-electron chi connectivity index (χ4n) is 4.56. The minimum absolute atomic E-state index is 0.0351. The number of aromatic nitrogens is 2. The molecule has 1 aliphatic heterocycles. The van der Waals surface area contributed by atoms with Gasteiger partial charge in [-0.2, -0.15) is 26.3 Å². The zero-order valence-electron chi connectivity index (χ0n) is 22.6. The van der Waals surface area contributed by atoms with Gasteiger partial charge in [-0.25, -0.2) is 9.79 Å². The van der Waals surface area contributed by atoms with Crippen molar-refractivity contribution in [3.63, 3.8) is 0 Å². The number of aromatic amines is 1. The van der Waals surface area contributed by atoms with Gasteiger partial charge >= 0.3 is 18.0 Å². The second kappa shape index (κ2) is 11.4. The number of methoxy groups -OCH3 is 1. The monoisotopic (exact) mass is 600 g/mol. The number of rotatable bonds is 9. The van der Waals surface area contributed by atoms with Crippen LogP contribution in [0.2, 0.25) is 0 Å². The molecule has 2 aromatic carbocycles. The van der Waals surface area contributed by atoms with E-state index >= 15 is 0 Å². The van der Waals surface area contributed by atoms with Gasteiger partial charge in [-0.15, -0.1) is 0 Å². The molecule has 42 heavy (non-hydrogen) atoms. The predicted octanol–water partition coefficient (Wildman–Crippen LogP) is 4.78. The summed E-state index contributed by atoms with van der Waals surface area (Å²) in [6.07, 6.45) is -12.3. The number of H-pyrrole nitrogens is 1. The third-order valence-corrected chi connectivity index (χ3v) is 6.49. The Bertz CT molecular complexity index is 1580. The van der Waals surface area contributed by atoms with Crippen LogP contribution >= 0.6 is 0 Å². The lowest BCUT2D eigenvalue weighted by molar-refractivity contribution is -0.301. The van der Waals surface area contributed by atoms with E-state index < -0.39 is 52.9 Å². The van der Waals surface area contributed by atoms with Crippen molar-refractivity contribution < 1.29 is 40.6 Å². The van der Waals surface area contributed by atoms with Gasteiger partial charge in [0.15, 0.2) is 11.5 Å². The second-order valence-corrected chi connectivity index (χ2v) is 9.05. The molecule has 15 heteroatoms. The largest absolute Gasteiger partial charge is 0.497 e. The molecule has 2 N–H and O–H groups in total. The molecular formula is C27H26F6N4O5. The van der Waals surface area contributed by atoms with Gasteiger partial charge in [0.2, 0.25) is 0 Å². The lowest BCUT2D eigenvalue weighted by atomic mass is 9.87. The highest BCUT2D eigenvalue weighted by Gasteiger charge is 2.75. The number of fused-ring (bicyclic) bond motifs is 1. The van der Waals surface area contributed by atoms with E-state index in [9.17, 15) is 35.9 Å². The molecule has 2 heterocycles. The molecule has 0 aliphatic carbocycles. The van der Waals surface area contributed by atoms with Crippen molar-refractivity contribution in [2.24, 2.45) is 4.99 Å². The van der Waals surface area contributed by atoms with Crippen molar-refractivity contribution in [1.82, 2.24) is 9.55 Å². The summed E-state index contributed by atoms with van der Waals surface area (Å²) in [5, 5.41) is 2.40. The maximum atomic E-state index is 14.5. The van der Waals surface area contributed by atoms with E-state index in [1.54, 1.807) is 37.0 Å². The number of nitrogens with one attached hydrogen (secondary N) is 2. The van der Waals surface area contributed by atoms with Crippen LogP contribution in [0.4, 0.5) is 32.2 Å². The molecule has 3 aromatic rings.